The Kier molecular flexibility index (Phi) is 5.83. The number of nitrogens with zero attached hydrogens (tertiary/aromatic N) is 4. The largest absolute Gasteiger partial charge is 0.508 e. The van der Waals surface area contributed by atoms with E-state index in [9.17, 15) is 5.11 Å². The summed E-state index contributed by atoms with van der Waals surface area (Å²) < 4.78 is 7.61. The van der Waals surface area contributed by atoms with Gasteiger partial charge in [0.2, 0.25) is 0 Å². The van der Waals surface area contributed by atoms with Crippen molar-refractivity contribution >= 4 is 16.9 Å². The first-order valence-corrected chi connectivity index (χ1v) is 13.6. The number of fused-ring (bicyclic) bond motifs is 1. The third-order valence-electron chi connectivity index (χ3n) is 8.07. The van der Waals surface area contributed by atoms with Crippen LogP contribution in [0.1, 0.15) is 24.8 Å². The van der Waals surface area contributed by atoms with Gasteiger partial charge in [0.15, 0.2) is 5.65 Å². The van der Waals surface area contributed by atoms with Gasteiger partial charge in [-0.15, -0.1) is 0 Å². The van der Waals surface area contributed by atoms with Gasteiger partial charge in [-0.1, -0.05) is 36.4 Å². The molecular formula is C32H31N5O2. The molecule has 1 aliphatic carbocycles. The average Bonchev–Trinajstić information content (AvgIpc) is 3.35. The number of aromatic hydroxyl groups is 1. The van der Waals surface area contributed by atoms with Crippen molar-refractivity contribution in [3.63, 3.8) is 0 Å². The van der Waals surface area contributed by atoms with Gasteiger partial charge in [-0.25, -0.2) is 9.97 Å². The van der Waals surface area contributed by atoms with Crippen LogP contribution in [0.5, 0.6) is 5.75 Å². The topological polar surface area (TPSA) is 89.4 Å². The van der Waals surface area contributed by atoms with E-state index in [1.807, 2.05) is 24.3 Å². The highest BCUT2D eigenvalue weighted by molar-refractivity contribution is 5.83. The first kappa shape index (κ1) is 23.9. The van der Waals surface area contributed by atoms with Crippen LogP contribution in [0.3, 0.4) is 0 Å². The van der Waals surface area contributed by atoms with Crippen molar-refractivity contribution in [3.8, 4) is 34.1 Å². The Morgan fingerprint density at radius 3 is 2.31 bits per heavy atom. The molecule has 196 valence electrons. The molecule has 1 saturated carbocycles. The minimum absolute atomic E-state index is 0.199. The molecule has 7 heteroatoms. The quantitative estimate of drug-likeness (QED) is 0.314. The van der Waals surface area contributed by atoms with Crippen LogP contribution in [-0.2, 0) is 10.3 Å². The number of benzene rings is 3. The highest BCUT2D eigenvalue weighted by Crippen LogP contribution is 2.39. The second-order valence-electron chi connectivity index (χ2n) is 10.6. The number of aromatic nitrogens is 3. The minimum Gasteiger partial charge on any atom is -0.508 e. The molecule has 1 saturated heterocycles. The third-order valence-corrected chi connectivity index (χ3v) is 8.07. The maximum absolute atomic E-state index is 10.2. The molecule has 3 N–H and O–H groups in total. The Bertz CT molecular complexity index is 1650. The van der Waals surface area contributed by atoms with Crippen LogP contribution in [0.15, 0.2) is 84.9 Å². The number of nitrogens with two attached hydrogens (primary N) is 1. The minimum atomic E-state index is -0.222. The first-order chi connectivity index (χ1) is 19.1. The smallest absolute Gasteiger partial charge is 0.165 e. The van der Waals surface area contributed by atoms with E-state index in [-0.39, 0.29) is 11.3 Å². The molecule has 1 aliphatic heterocycles. The van der Waals surface area contributed by atoms with Crippen molar-refractivity contribution in [2.75, 3.05) is 31.2 Å². The van der Waals surface area contributed by atoms with Gasteiger partial charge in [-0.2, -0.15) is 0 Å². The van der Waals surface area contributed by atoms with Crippen molar-refractivity contribution in [3.05, 3.63) is 90.5 Å². The van der Waals surface area contributed by atoms with Gasteiger partial charge in [0.05, 0.1) is 18.9 Å². The molecule has 7 nitrogen and oxygen atoms in total. The van der Waals surface area contributed by atoms with Gasteiger partial charge in [-0.3, -0.25) is 4.57 Å². The summed E-state index contributed by atoms with van der Waals surface area (Å²) in [4.78, 5) is 12.5. The van der Waals surface area contributed by atoms with Crippen LogP contribution in [0.4, 0.5) is 5.69 Å². The zero-order valence-corrected chi connectivity index (χ0v) is 21.8. The molecular weight excluding hydrogens is 486 g/mol. The lowest BCUT2D eigenvalue weighted by Gasteiger charge is -2.38. The fraction of sp³-hybridized carbons (Fsp3) is 0.250. The molecule has 0 atom stereocenters. The first-order valence-electron chi connectivity index (χ1n) is 13.6. The van der Waals surface area contributed by atoms with Gasteiger partial charge >= 0.3 is 0 Å². The molecule has 0 amide bonds. The number of rotatable bonds is 5. The van der Waals surface area contributed by atoms with E-state index in [0.717, 1.165) is 84.2 Å². The van der Waals surface area contributed by atoms with Gasteiger partial charge < -0.3 is 20.5 Å². The Morgan fingerprint density at radius 2 is 1.56 bits per heavy atom. The molecule has 0 bridgehead atoms. The van der Waals surface area contributed by atoms with Crippen LogP contribution in [-0.4, -0.2) is 45.9 Å². The summed E-state index contributed by atoms with van der Waals surface area (Å²) in [5.41, 5.74) is 14.0. The SMILES string of the molecule is NC1(c2ccc(-n3c(-c4cccc(O)c4)nc4ccc(-c5cccc(N6CCOCC6)c5)nc43)cc2)CCC1. The van der Waals surface area contributed by atoms with Gasteiger partial charge in [0.1, 0.15) is 17.1 Å². The van der Waals surface area contributed by atoms with E-state index in [0.29, 0.717) is 0 Å². The summed E-state index contributed by atoms with van der Waals surface area (Å²) in [6.45, 7) is 3.26. The van der Waals surface area contributed by atoms with Crippen LogP contribution >= 0.6 is 0 Å². The number of anilines is 1. The molecule has 0 unspecified atom stereocenters. The second-order valence-corrected chi connectivity index (χ2v) is 10.6. The lowest BCUT2D eigenvalue weighted by atomic mass is 9.73. The van der Waals surface area contributed by atoms with Crippen molar-refractivity contribution in [1.29, 1.82) is 0 Å². The molecule has 3 aromatic carbocycles. The summed E-state index contributed by atoms with van der Waals surface area (Å²) in [6, 6.07) is 28.2. The number of morpholine rings is 1. The van der Waals surface area contributed by atoms with Crippen molar-refractivity contribution < 1.29 is 9.84 Å². The van der Waals surface area contributed by atoms with E-state index in [1.54, 1.807) is 12.1 Å². The highest BCUT2D eigenvalue weighted by Gasteiger charge is 2.34. The van der Waals surface area contributed by atoms with Crippen LogP contribution in [0.2, 0.25) is 0 Å². The lowest BCUT2D eigenvalue weighted by Crippen LogP contribution is -2.43. The predicted octanol–water partition coefficient (Wildman–Crippen LogP) is 5.63. The number of pyridine rings is 1. The fourth-order valence-electron chi connectivity index (χ4n) is 5.67. The number of imidazole rings is 1. The Morgan fingerprint density at radius 1 is 0.795 bits per heavy atom. The van der Waals surface area contributed by atoms with Gasteiger partial charge in [0, 0.05) is 41.1 Å². The molecule has 2 aromatic heterocycles. The molecule has 5 aromatic rings. The molecule has 2 aliphatic rings. The predicted molar refractivity (Wildman–Crippen MR) is 154 cm³/mol. The average molecular weight is 518 g/mol. The molecule has 0 radical (unpaired) electrons. The van der Waals surface area contributed by atoms with E-state index in [2.05, 4.69) is 58.0 Å². The Hall–Kier alpha value is -4.20. The van der Waals surface area contributed by atoms with E-state index >= 15 is 0 Å². The normalized spacial score (nSPS) is 16.8. The third kappa shape index (κ3) is 4.33. The number of phenols is 1. The summed E-state index contributed by atoms with van der Waals surface area (Å²) >= 11 is 0. The monoisotopic (exact) mass is 517 g/mol. The van der Waals surface area contributed by atoms with Crippen molar-refractivity contribution in [1.82, 2.24) is 14.5 Å². The zero-order valence-electron chi connectivity index (χ0n) is 21.8. The standard InChI is InChI=1S/C32H31N5O2/c33-32(14-3-15-32)24-8-10-25(11-9-24)37-30(23-5-2-7-27(38)21-23)35-29-13-12-28(34-31(29)37)22-4-1-6-26(20-22)36-16-18-39-19-17-36/h1-2,4-13,20-21,38H,3,14-19,33H2. The molecule has 3 heterocycles. The molecule has 7 rings (SSSR count). The number of ether oxygens (including phenoxy) is 1. The molecule has 0 spiro atoms. The maximum atomic E-state index is 10.2. The van der Waals surface area contributed by atoms with Crippen molar-refractivity contribution in [2.45, 2.75) is 24.8 Å². The van der Waals surface area contributed by atoms with Gasteiger partial charge in [-0.05, 0) is 73.4 Å². The Balaban J connectivity index is 1.36. The zero-order chi connectivity index (χ0) is 26.4. The summed E-state index contributed by atoms with van der Waals surface area (Å²) in [7, 11) is 0. The molecule has 39 heavy (non-hydrogen) atoms. The van der Waals surface area contributed by atoms with Crippen LogP contribution < -0.4 is 10.6 Å². The highest BCUT2D eigenvalue weighted by atomic mass is 16.5. The lowest BCUT2D eigenvalue weighted by molar-refractivity contribution is 0.122. The Labute approximate surface area is 227 Å². The fourth-order valence-corrected chi connectivity index (χ4v) is 5.67. The number of phenolic OH excluding ortho intramolecular Hbond substituents is 1. The van der Waals surface area contributed by atoms with Crippen LogP contribution in [0, 0.1) is 0 Å². The second kappa shape index (κ2) is 9.52. The summed E-state index contributed by atoms with van der Waals surface area (Å²) in [5, 5.41) is 10.2. The van der Waals surface area contributed by atoms with E-state index in [1.165, 1.54) is 12.1 Å². The van der Waals surface area contributed by atoms with E-state index < -0.39 is 0 Å². The molecule has 2 fully saturated rings. The summed E-state index contributed by atoms with van der Waals surface area (Å²) in [6.07, 6.45) is 3.21. The van der Waals surface area contributed by atoms with Crippen molar-refractivity contribution in [2.24, 2.45) is 5.73 Å². The maximum Gasteiger partial charge on any atom is 0.165 e. The number of hydrogen-bond acceptors (Lipinski definition) is 6. The summed E-state index contributed by atoms with van der Waals surface area (Å²) in [5.74, 6) is 0.927. The number of hydrogen-bond donors (Lipinski definition) is 2. The van der Waals surface area contributed by atoms with Gasteiger partial charge in [0.25, 0.3) is 0 Å². The van der Waals surface area contributed by atoms with Crippen LogP contribution in [0.25, 0.3) is 39.5 Å². The van der Waals surface area contributed by atoms with E-state index in [4.69, 9.17) is 20.4 Å².